The molecular formula is C26H29FN2O6. The number of phenolic OH excluding ortho intramolecular Hbond substituents is 1. The summed E-state index contributed by atoms with van der Waals surface area (Å²) in [5, 5.41) is 21.2. The Labute approximate surface area is 203 Å². The van der Waals surface area contributed by atoms with Gasteiger partial charge in [-0.3, -0.25) is 14.5 Å². The first-order chi connectivity index (χ1) is 16.9. The molecule has 2 heterocycles. The van der Waals surface area contributed by atoms with Gasteiger partial charge in [0.05, 0.1) is 31.4 Å². The van der Waals surface area contributed by atoms with Gasteiger partial charge >= 0.3 is 0 Å². The number of Topliss-reactive ketones (excluding diaryl/α,β-unsaturated/α-hetero) is 1. The third kappa shape index (κ3) is 5.31. The second-order valence-electron chi connectivity index (χ2n) is 8.47. The van der Waals surface area contributed by atoms with Crippen molar-refractivity contribution in [3.05, 3.63) is 65.0 Å². The zero-order valence-corrected chi connectivity index (χ0v) is 19.6. The number of amides is 1. The highest BCUT2D eigenvalue weighted by molar-refractivity contribution is 6.46. The monoisotopic (exact) mass is 484 g/mol. The molecule has 1 atom stereocenters. The largest absolute Gasteiger partial charge is 0.507 e. The van der Waals surface area contributed by atoms with Crippen LogP contribution in [0.15, 0.2) is 48.0 Å². The molecule has 2 aliphatic rings. The van der Waals surface area contributed by atoms with Crippen LogP contribution in [0, 0.1) is 5.82 Å². The number of morpholine rings is 1. The summed E-state index contributed by atoms with van der Waals surface area (Å²) in [7, 11) is 0. The molecule has 2 fully saturated rings. The summed E-state index contributed by atoms with van der Waals surface area (Å²) < 4.78 is 24.3. The van der Waals surface area contributed by atoms with Crippen LogP contribution in [0.5, 0.6) is 11.5 Å². The average molecular weight is 485 g/mol. The summed E-state index contributed by atoms with van der Waals surface area (Å²) in [5.41, 5.74) is 0.660. The summed E-state index contributed by atoms with van der Waals surface area (Å²) >= 11 is 0. The normalized spacial score (nSPS) is 20.4. The number of ether oxygens (including phenoxy) is 2. The molecule has 1 unspecified atom stereocenters. The predicted molar refractivity (Wildman–Crippen MR) is 127 cm³/mol. The molecule has 2 aromatic carbocycles. The summed E-state index contributed by atoms with van der Waals surface area (Å²) in [6.45, 7) is 6.05. The molecule has 9 heteroatoms. The molecule has 1 amide bonds. The number of aliphatic hydroxyl groups is 1. The molecule has 2 aromatic rings. The van der Waals surface area contributed by atoms with Crippen molar-refractivity contribution in [3.8, 4) is 11.5 Å². The van der Waals surface area contributed by atoms with Crippen LogP contribution >= 0.6 is 0 Å². The van der Waals surface area contributed by atoms with Crippen LogP contribution < -0.4 is 4.74 Å². The van der Waals surface area contributed by atoms with Crippen molar-refractivity contribution in [1.82, 2.24) is 9.80 Å². The number of nitrogens with zero attached hydrogens (tertiary/aromatic N) is 2. The lowest BCUT2D eigenvalue weighted by atomic mass is 9.95. The Bertz CT molecular complexity index is 1110. The number of rotatable bonds is 8. The Kier molecular flexibility index (Phi) is 7.67. The summed E-state index contributed by atoms with van der Waals surface area (Å²) in [5.74, 6) is -2.25. The molecule has 2 N–H and O–H groups in total. The first-order valence-electron chi connectivity index (χ1n) is 11.7. The first kappa shape index (κ1) is 24.7. The molecule has 0 spiro atoms. The molecule has 35 heavy (non-hydrogen) atoms. The summed E-state index contributed by atoms with van der Waals surface area (Å²) in [6, 6.07) is 8.79. The zero-order chi connectivity index (χ0) is 24.9. The van der Waals surface area contributed by atoms with Crippen LogP contribution in [0.2, 0.25) is 0 Å². The number of hydrogen-bond acceptors (Lipinski definition) is 7. The first-order valence-corrected chi connectivity index (χ1v) is 11.7. The molecule has 2 aliphatic heterocycles. The maximum absolute atomic E-state index is 13.4. The Morgan fingerprint density at radius 3 is 2.51 bits per heavy atom. The lowest BCUT2D eigenvalue weighted by Gasteiger charge is -2.29. The van der Waals surface area contributed by atoms with Crippen molar-refractivity contribution in [2.75, 3.05) is 46.0 Å². The maximum atomic E-state index is 13.4. The topological polar surface area (TPSA) is 99.5 Å². The van der Waals surface area contributed by atoms with Crippen molar-refractivity contribution >= 4 is 17.4 Å². The van der Waals surface area contributed by atoms with Crippen LogP contribution in [0.3, 0.4) is 0 Å². The van der Waals surface area contributed by atoms with E-state index in [9.17, 15) is 24.2 Å². The number of ketones is 1. The van der Waals surface area contributed by atoms with Gasteiger partial charge in [0, 0.05) is 31.7 Å². The molecule has 0 aromatic heterocycles. The molecule has 4 rings (SSSR count). The van der Waals surface area contributed by atoms with Crippen molar-refractivity contribution in [3.63, 3.8) is 0 Å². The number of carbonyl (C=O) groups is 2. The fourth-order valence-corrected chi connectivity index (χ4v) is 4.48. The number of phenols is 1. The number of halogens is 1. The second-order valence-corrected chi connectivity index (χ2v) is 8.47. The van der Waals surface area contributed by atoms with E-state index < -0.39 is 23.5 Å². The Morgan fingerprint density at radius 2 is 1.83 bits per heavy atom. The second kappa shape index (κ2) is 10.9. The van der Waals surface area contributed by atoms with Crippen LogP contribution in [0.25, 0.3) is 5.76 Å². The Hall–Kier alpha value is -3.43. The van der Waals surface area contributed by atoms with Gasteiger partial charge in [-0.1, -0.05) is 6.07 Å². The van der Waals surface area contributed by atoms with E-state index in [0.717, 1.165) is 19.6 Å². The molecule has 2 saturated heterocycles. The number of hydrogen-bond donors (Lipinski definition) is 2. The van der Waals surface area contributed by atoms with E-state index in [1.54, 1.807) is 19.1 Å². The molecule has 186 valence electrons. The van der Waals surface area contributed by atoms with Crippen molar-refractivity contribution in [2.24, 2.45) is 0 Å². The van der Waals surface area contributed by atoms with Gasteiger partial charge in [-0.15, -0.1) is 0 Å². The predicted octanol–water partition coefficient (Wildman–Crippen LogP) is 3.07. The lowest BCUT2D eigenvalue weighted by molar-refractivity contribution is -0.140. The average Bonchev–Trinajstić information content (AvgIpc) is 3.11. The molecular weight excluding hydrogens is 455 g/mol. The van der Waals surface area contributed by atoms with Crippen molar-refractivity contribution in [1.29, 1.82) is 0 Å². The van der Waals surface area contributed by atoms with Gasteiger partial charge < -0.3 is 24.6 Å². The molecule has 0 radical (unpaired) electrons. The number of aromatic hydroxyl groups is 1. The highest BCUT2D eigenvalue weighted by Crippen LogP contribution is 2.41. The van der Waals surface area contributed by atoms with Gasteiger partial charge in [-0.25, -0.2) is 4.39 Å². The number of likely N-dealkylation sites (tertiary alicyclic amines) is 1. The fraction of sp³-hybridized carbons (Fsp3) is 0.385. The van der Waals surface area contributed by atoms with Crippen LogP contribution in [0.4, 0.5) is 4.39 Å². The van der Waals surface area contributed by atoms with Crippen molar-refractivity contribution < 1.29 is 33.7 Å². The Morgan fingerprint density at radius 1 is 1.11 bits per heavy atom. The van der Waals surface area contributed by atoms with Gasteiger partial charge in [0.2, 0.25) is 0 Å². The van der Waals surface area contributed by atoms with Crippen LogP contribution in [-0.4, -0.2) is 77.7 Å². The maximum Gasteiger partial charge on any atom is 0.295 e. The highest BCUT2D eigenvalue weighted by Gasteiger charge is 2.46. The smallest absolute Gasteiger partial charge is 0.295 e. The summed E-state index contributed by atoms with van der Waals surface area (Å²) in [4.78, 5) is 29.9. The van der Waals surface area contributed by atoms with Crippen molar-refractivity contribution in [2.45, 2.75) is 19.4 Å². The minimum absolute atomic E-state index is 0.0709. The van der Waals surface area contributed by atoms with Gasteiger partial charge in [0.25, 0.3) is 11.7 Å². The van der Waals surface area contributed by atoms with Gasteiger partial charge in [0.15, 0.2) is 11.5 Å². The quantitative estimate of drug-likeness (QED) is 0.338. The van der Waals surface area contributed by atoms with Crippen LogP contribution in [-0.2, 0) is 14.3 Å². The van der Waals surface area contributed by atoms with E-state index in [2.05, 4.69) is 4.90 Å². The highest BCUT2D eigenvalue weighted by atomic mass is 19.1. The van der Waals surface area contributed by atoms with E-state index in [0.29, 0.717) is 31.8 Å². The van der Waals surface area contributed by atoms with Gasteiger partial charge in [0.1, 0.15) is 11.6 Å². The lowest BCUT2D eigenvalue weighted by Crippen LogP contribution is -2.38. The molecule has 0 aliphatic carbocycles. The molecule has 0 saturated carbocycles. The molecule has 0 bridgehead atoms. The number of aliphatic hydroxyl groups excluding tert-OH is 1. The van der Waals surface area contributed by atoms with E-state index >= 15 is 0 Å². The summed E-state index contributed by atoms with van der Waals surface area (Å²) in [6.07, 6.45) is 0.622. The van der Waals surface area contributed by atoms with E-state index in [1.165, 1.54) is 35.2 Å². The SMILES string of the molecule is CCOc1cc(C2/C(=C(\O)c3ccc(F)cc3)C(=O)C(=O)N2CCCN2CCOCC2)ccc1O. The van der Waals surface area contributed by atoms with E-state index in [-0.39, 0.29) is 34.9 Å². The molecule has 8 nitrogen and oxygen atoms in total. The third-order valence-corrected chi connectivity index (χ3v) is 6.23. The Balaban J connectivity index is 1.71. The minimum atomic E-state index is -0.885. The minimum Gasteiger partial charge on any atom is -0.507 e. The van der Waals surface area contributed by atoms with E-state index in [1.807, 2.05) is 0 Å². The third-order valence-electron chi connectivity index (χ3n) is 6.23. The van der Waals surface area contributed by atoms with Crippen LogP contribution in [0.1, 0.15) is 30.5 Å². The fourth-order valence-electron chi connectivity index (χ4n) is 4.48. The van der Waals surface area contributed by atoms with E-state index in [4.69, 9.17) is 9.47 Å². The van der Waals surface area contributed by atoms with Gasteiger partial charge in [-0.05, 0) is 55.3 Å². The zero-order valence-electron chi connectivity index (χ0n) is 19.6. The van der Waals surface area contributed by atoms with Gasteiger partial charge in [-0.2, -0.15) is 0 Å². The number of carbonyl (C=O) groups excluding carboxylic acids is 2. The standard InChI is InChI=1S/C26H29FN2O6/c1-2-35-21-16-18(6-9-20(21)30)23-22(24(31)17-4-7-19(27)8-5-17)25(32)26(33)29(23)11-3-10-28-12-14-34-15-13-28/h4-9,16,23,30-31H,2-3,10-15H2,1H3/b24-22+. The number of benzene rings is 2.